The van der Waals surface area contributed by atoms with Gasteiger partial charge in [-0.3, -0.25) is 0 Å². The zero-order chi connectivity index (χ0) is 3.58. The molecule has 0 bridgehead atoms. The summed E-state index contributed by atoms with van der Waals surface area (Å²) in [5, 5.41) is 16.7. The zero-order valence-corrected chi connectivity index (χ0v) is 5.38. The molecule has 0 aliphatic rings. The molecule has 0 aromatic heterocycles. The maximum Gasteiger partial charge on any atom is 2.00 e. The molecule has 0 rings (SSSR count). The molecular formula is CCuMoO3. The summed E-state index contributed by atoms with van der Waals surface area (Å²) in [7, 11) is 0. The minimum absolute atomic E-state index is 0. The quantitative estimate of drug-likeness (QED) is 0.425. The van der Waals surface area contributed by atoms with E-state index in [9.17, 15) is 0 Å². The number of hydrogen-bond donors (Lipinski definition) is 0. The Morgan fingerprint density at radius 3 is 1.33 bits per heavy atom. The zero-order valence-electron chi connectivity index (χ0n) is 2.43. The maximum absolute atomic E-state index is 8.33. The molecule has 0 aromatic rings. The van der Waals surface area contributed by atoms with E-state index in [1.165, 1.54) is 0 Å². The van der Waals surface area contributed by atoms with Crippen molar-refractivity contribution in [3.63, 3.8) is 0 Å². The largest absolute Gasteiger partial charge is 2.00 e. The van der Waals surface area contributed by atoms with Gasteiger partial charge < -0.3 is 15.0 Å². The van der Waals surface area contributed by atoms with Crippen LogP contribution in [-0.4, -0.2) is 6.16 Å². The van der Waals surface area contributed by atoms with Gasteiger partial charge in [-0.05, 0) is 6.16 Å². The van der Waals surface area contributed by atoms with Crippen LogP contribution in [0.5, 0.6) is 0 Å². The van der Waals surface area contributed by atoms with Gasteiger partial charge in [-0.25, -0.2) is 0 Å². The monoisotopic (exact) mass is 221 g/mol. The Balaban J connectivity index is -0.0000000450. The summed E-state index contributed by atoms with van der Waals surface area (Å²) in [6, 6.07) is 0. The number of rotatable bonds is 0. The first-order chi connectivity index (χ1) is 1.73. The molecule has 0 aliphatic carbocycles. The molecule has 0 amide bonds. The Kier molecular flexibility index (Phi) is 24.3. The van der Waals surface area contributed by atoms with Gasteiger partial charge in [-0.15, -0.1) is 0 Å². The van der Waals surface area contributed by atoms with Gasteiger partial charge in [0, 0.05) is 21.1 Å². The Hall–Kier alpha value is 0.478. The molecule has 0 saturated carbocycles. The third kappa shape index (κ3) is 237. The van der Waals surface area contributed by atoms with Crippen LogP contribution in [0.4, 0.5) is 4.79 Å². The van der Waals surface area contributed by atoms with Gasteiger partial charge in [0.05, 0.1) is 0 Å². The van der Waals surface area contributed by atoms with Crippen LogP contribution in [0.3, 0.4) is 0 Å². The molecule has 0 N–H and O–H groups in total. The van der Waals surface area contributed by atoms with E-state index in [1.807, 2.05) is 0 Å². The van der Waals surface area contributed by atoms with E-state index in [0.29, 0.717) is 0 Å². The average molecular weight is 219 g/mol. The van der Waals surface area contributed by atoms with Gasteiger partial charge in [0.15, 0.2) is 0 Å². The molecule has 0 spiro atoms. The van der Waals surface area contributed by atoms with Crippen molar-refractivity contribution in [1.82, 2.24) is 0 Å². The summed E-state index contributed by atoms with van der Waals surface area (Å²) in [5.74, 6) is 0. The van der Waals surface area contributed by atoms with Gasteiger partial charge in [0.2, 0.25) is 0 Å². The first kappa shape index (κ1) is 16.1. The molecule has 0 atom stereocenters. The van der Waals surface area contributed by atoms with Crippen LogP contribution in [-0.2, 0) is 38.1 Å². The summed E-state index contributed by atoms with van der Waals surface area (Å²) in [6.45, 7) is 0. The van der Waals surface area contributed by atoms with Gasteiger partial charge in [-0.2, -0.15) is 0 Å². The normalized spacial score (nSPS) is 4.00. The van der Waals surface area contributed by atoms with Crippen molar-refractivity contribution < 1.29 is 53.1 Å². The second-order valence-corrected chi connectivity index (χ2v) is 0.250. The standard InChI is InChI=1S/CH2O3.Cu.Mo/c2-1(3)4;;/h(H2,2,3,4);;/q;+2;/p-2. The van der Waals surface area contributed by atoms with Crippen molar-refractivity contribution in [2.45, 2.75) is 0 Å². The van der Waals surface area contributed by atoms with E-state index in [-0.39, 0.29) is 38.1 Å². The van der Waals surface area contributed by atoms with Crippen molar-refractivity contribution in [2.75, 3.05) is 0 Å². The van der Waals surface area contributed by atoms with Crippen molar-refractivity contribution in [3.05, 3.63) is 0 Å². The van der Waals surface area contributed by atoms with Gasteiger partial charge in [0.25, 0.3) is 0 Å². The Bertz CT molecular complexity index is 33.8. The predicted molar refractivity (Wildman–Crippen MR) is 5.40 cm³/mol. The summed E-state index contributed by atoms with van der Waals surface area (Å²) in [5.41, 5.74) is 0. The van der Waals surface area contributed by atoms with Gasteiger partial charge in [-0.1, -0.05) is 0 Å². The molecule has 0 saturated heterocycles. The third-order valence-corrected chi connectivity index (χ3v) is 0. The molecule has 0 aliphatic heterocycles. The molecule has 0 heterocycles. The summed E-state index contributed by atoms with van der Waals surface area (Å²) >= 11 is 0. The molecule has 1 radical (unpaired) electrons. The minimum atomic E-state index is -2.33. The minimum Gasteiger partial charge on any atom is -0.652 e. The molecule has 0 aromatic carbocycles. The van der Waals surface area contributed by atoms with E-state index < -0.39 is 6.16 Å². The number of hydrogen-bond acceptors (Lipinski definition) is 3. The number of carbonyl (C=O) groups is 1. The second kappa shape index (κ2) is 9.08. The third-order valence-electron chi connectivity index (χ3n) is 0. The van der Waals surface area contributed by atoms with Gasteiger partial charge >= 0.3 is 17.1 Å². The second-order valence-electron chi connectivity index (χ2n) is 0.250. The van der Waals surface area contributed by atoms with Crippen LogP contribution in [0.2, 0.25) is 0 Å². The predicted octanol–water partition coefficient (Wildman–Crippen LogP) is -2.45. The fraction of sp³-hybridized carbons (Fsp3) is 0. The Labute approximate surface area is 59.5 Å². The van der Waals surface area contributed by atoms with Gasteiger partial charge in [0.1, 0.15) is 0 Å². The average Bonchev–Trinajstić information content (AvgIpc) is 0.811. The summed E-state index contributed by atoms with van der Waals surface area (Å²) < 4.78 is 0. The molecule has 39 valence electrons. The van der Waals surface area contributed by atoms with Crippen molar-refractivity contribution in [2.24, 2.45) is 0 Å². The first-order valence-electron chi connectivity index (χ1n) is 0.612. The molecule has 0 unspecified atom stereocenters. The molecule has 5 heteroatoms. The molecule has 6 heavy (non-hydrogen) atoms. The maximum atomic E-state index is 8.33. The molecule has 0 fully saturated rings. The smallest absolute Gasteiger partial charge is 0.652 e. The van der Waals surface area contributed by atoms with E-state index in [1.54, 1.807) is 0 Å². The van der Waals surface area contributed by atoms with Crippen LogP contribution >= 0.6 is 0 Å². The molecular weight excluding hydrogens is 219 g/mol. The number of carboxylic acid groups (broad SMARTS) is 2. The van der Waals surface area contributed by atoms with Crippen LogP contribution in [0, 0.1) is 0 Å². The van der Waals surface area contributed by atoms with Crippen LogP contribution < -0.4 is 10.2 Å². The first-order valence-corrected chi connectivity index (χ1v) is 0.612. The summed E-state index contributed by atoms with van der Waals surface area (Å²) in [6.07, 6.45) is -2.33. The Morgan fingerprint density at radius 1 is 1.33 bits per heavy atom. The number of carbonyl (C=O) groups excluding carboxylic acids is 1. The van der Waals surface area contributed by atoms with Crippen LogP contribution in [0.25, 0.3) is 0 Å². The van der Waals surface area contributed by atoms with Crippen LogP contribution in [0.15, 0.2) is 0 Å². The van der Waals surface area contributed by atoms with E-state index >= 15 is 0 Å². The van der Waals surface area contributed by atoms with Crippen molar-refractivity contribution >= 4 is 6.16 Å². The van der Waals surface area contributed by atoms with Crippen LogP contribution in [0.1, 0.15) is 0 Å². The van der Waals surface area contributed by atoms with E-state index in [0.717, 1.165) is 0 Å². The van der Waals surface area contributed by atoms with Crippen molar-refractivity contribution in [3.8, 4) is 0 Å². The fourth-order valence-corrected chi connectivity index (χ4v) is 0. The van der Waals surface area contributed by atoms with E-state index in [4.69, 9.17) is 15.0 Å². The van der Waals surface area contributed by atoms with Crippen molar-refractivity contribution in [1.29, 1.82) is 0 Å². The fourth-order valence-electron chi connectivity index (χ4n) is 0. The molecule has 3 nitrogen and oxygen atoms in total. The summed E-state index contributed by atoms with van der Waals surface area (Å²) in [4.78, 5) is 8.33. The van der Waals surface area contributed by atoms with E-state index in [2.05, 4.69) is 0 Å². The topological polar surface area (TPSA) is 63.2 Å². The SMILES string of the molecule is O=C([O-])[O-].[Cu+2].[Mo]. The Morgan fingerprint density at radius 2 is 1.33 bits per heavy atom.